The molecule has 1 aliphatic heterocycles. The molecule has 0 aromatic heterocycles. The average Bonchev–Trinajstić information content (AvgIpc) is 2.84. The number of hydrogen-bond donors (Lipinski definition) is 0. The summed E-state index contributed by atoms with van der Waals surface area (Å²) < 4.78 is 47.6. The Bertz CT molecular complexity index is 545. The third-order valence-corrected chi connectivity index (χ3v) is 3.51. The second kappa shape index (κ2) is 6.46. The van der Waals surface area contributed by atoms with Crippen LogP contribution in [0.15, 0.2) is 18.2 Å². The van der Waals surface area contributed by atoms with Crippen molar-refractivity contribution < 1.29 is 27.4 Å². The standard InChI is InChI=1S/C15H18F3NO3/c1-3-19(14(20)8-15(16,17)18)10(2)6-11-4-5-12-13(7-11)22-9-21-12/h4-5,7,10H,3,6,8-9H2,1-2H3. The van der Waals surface area contributed by atoms with Gasteiger partial charge in [0.15, 0.2) is 11.5 Å². The Morgan fingerprint density at radius 1 is 1.32 bits per heavy atom. The van der Waals surface area contributed by atoms with E-state index in [9.17, 15) is 18.0 Å². The second-order valence-corrected chi connectivity index (χ2v) is 5.21. The fraction of sp³-hybridized carbons (Fsp3) is 0.533. The van der Waals surface area contributed by atoms with E-state index in [4.69, 9.17) is 9.47 Å². The maximum atomic E-state index is 12.4. The number of likely N-dealkylation sites (N-methyl/N-ethyl adjacent to an activating group) is 1. The molecule has 0 aliphatic carbocycles. The molecule has 0 bridgehead atoms. The van der Waals surface area contributed by atoms with Crippen LogP contribution in [0.3, 0.4) is 0 Å². The fourth-order valence-electron chi connectivity index (χ4n) is 2.53. The molecular formula is C15H18F3NO3. The number of benzene rings is 1. The van der Waals surface area contributed by atoms with E-state index in [1.807, 2.05) is 6.07 Å². The van der Waals surface area contributed by atoms with Crippen LogP contribution in [0.5, 0.6) is 11.5 Å². The van der Waals surface area contributed by atoms with Crippen molar-refractivity contribution in [2.75, 3.05) is 13.3 Å². The van der Waals surface area contributed by atoms with E-state index in [0.29, 0.717) is 17.9 Å². The Labute approximate surface area is 126 Å². The SMILES string of the molecule is CCN(C(=O)CC(F)(F)F)C(C)Cc1ccc2c(c1)OCO2. The van der Waals surface area contributed by atoms with Gasteiger partial charge >= 0.3 is 6.18 Å². The van der Waals surface area contributed by atoms with E-state index in [0.717, 1.165) is 5.56 Å². The number of fused-ring (bicyclic) bond motifs is 1. The monoisotopic (exact) mass is 317 g/mol. The number of rotatable bonds is 5. The van der Waals surface area contributed by atoms with E-state index < -0.39 is 18.5 Å². The normalized spacial score (nSPS) is 14.8. The van der Waals surface area contributed by atoms with Gasteiger partial charge in [0.1, 0.15) is 6.42 Å². The molecule has 1 atom stereocenters. The molecule has 0 radical (unpaired) electrons. The van der Waals surface area contributed by atoms with Crippen LogP contribution in [0, 0.1) is 0 Å². The van der Waals surface area contributed by atoms with Crippen LogP contribution in [0.1, 0.15) is 25.8 Å². The summed E-state index contributed by atoms with van der Waals surface area (Å²) in [5, 5.41) is 0. The first-order chi connectivity index (χ1) is 10.3. The summed E-state index contributed by atoms with van der Waals surface area (Å²) in [6.07, 6.45) is -5.45. The molecule has 0 spiro atoms. The predicted molar refractivity (Wildman–Crippen MR) is 73.8 cm³/mol. The summed E-state index contributed by atoms with van der Waals surface area (Å²) >= 11 is 0. The summed E-state index contributed by atoms with van der Waals surface area (Å²) in [6, 6.07) is 5.05. The van der Waals surface area contributed by atoms with Crippen molar-refractivity contribution in [3.8, 4) is 11.5 Å². The van der Waals surface area contributed by atoms with Gasteiger partial charge in [-0.3, -0.25) is 4.79 Å². The van der Waals surface area contributed by atoms with E-state index in [1.165, 1.54) is 4.90 Å². The number of alkyl halides is 3. The lowest BCUT2D eigenvalue weighted by atomic mass is 10.0. The molecule has 1 heterocycles. The Hall–Kier alpha value is -1.92. The van der Waals surface area contributed by atoms with Gasteiger partial charge in [0.05, 0.1) is 0 Å². The summed E-state index contributed by atoms with van der Waals surface area (Å²) in [7, 11) is 0. The molecule has 0 N–H and O–H groups in total. The lowest BCUT2D eigenvalue weighted by Crippen LogP contribution is -2.41. The van der Waals surface area contributed by atoms with Crippen molar-refractivity contribution >= 4 is 5.91 Å². The number of carbonyl (C=O) groups excluding carboxylic acids is 1. The maximum absolute atomic E-state index is 12.4. The van der Waals surface area contributed by atoms with E-state index >= 15 is 0 Å². The van der Waals surface area contributed by atoms with Crippen LogP contribution >= 0.6 is 0 Å². The fourth-order valence-corrected chi connectivity index (χ4v) is 2.53. The van der Waals surface area contributed by atoms with Crippen LogP contribution in [0.25, 0.3) is 0 Å². The molecule has 0 saturated heterocycles. The topological polar surface area (TPSA) is 38.8 Å². The minimum absolute atomic E-state index is 0.166. The third-order valence-electron chi connectivity index (χ3n) is 3.51. The highest BCUT2D eigenvalue weighted by molar-refractivity contribution is 5.77. The van der Waals surface area contributed by atoms with Crippen LogP contribution in [-0.4, -0.2) is 36.4 Å². The largest absolute Gasteiger partial charge is 0.454 e. The number of hydrogen-bond acceptors (Lipinski definition) is 3. The lowest BCUT2D eigenvalue weighted by Gasteiger charge is -2.28. The zero-order chi connectivity index (χ0) is 16.3. The highest BCUT2D eigenvalue weighted by Crippen LogP contribution is 2.33. The highest BCUT2D eigenvalue weighted by Gasteiger charge is 2.34. The Balaban J connectivity index is 2.03. The zero-order valence-corrected chi connectivity index (χ0v) is 12.4. The Kier molecular flexibility index (Phi) is 4.83. The molecule has 22 heavy (non-hydrogen) atoms. The zero-order valence-electron chi connectivity index (χ0n) is 12.4. The minimum Gasteiger partial charge on any atom is -0.454 e. The first-order valence-electron chi connectivity index (χ1n) is 7.05. The van der Waals surface area contributed by atoms with Gasteiger partial charge in [-0.2, -0.15) is 13.2 Å². The first-order valence-corrected chi connectivity index (χ1v) is 7.05. The molecule has 7 heteroatoms. The molecule has 1 aliphatic rings. The van der Waals surface area contributed by atoms with E-state index in [-0.39, 0.29) is 19.4 Å². The van der Waals surface area contributed by atoms with Crippen LogP contribution in [0.2, 0.25) is 0 Å². The van der Waals surface area contributed by atoms with Crippen molar-refractivity contribution in [1.29, 1.82) is 0 Å². The molecule has 1 unspecified atom stereocenters. The number of halogens is 3. The molecule has 2 rings (SSSR count). The van der Waals surface area contributed by atoms with Gasteiger partial charge in [-0.1, -0.05) is 6.07 Å². The van der Waals surface area contributed by atoms with Gasteiger partial charge in [-0.15, -0.1) is 0 Å². The predicted octanol–water partition coefficient (Wildman–Crippen LogP) is 3.15. The van der Waals surface area contributed by atoms with Crippen molar-refractivity contribution in [2.45, 2.75) is 38.9 Å². The quantitative estimate of drug-likeness (QED) is 0.837. The average molecular weight is 317 g/mol. The molecule has 1 aromatic rings. The highest BCUT2D eigenvalue weighted by atomic mass is 19.4. The number of ether oxygens (including phenoxy) is 2. The van der Waals surface area contributed by atoms with E-state index in [1.54, 1.807) is 26.0 Å². The lowest BCUT2D eigenvalue weighted by molar-refractivity contribution is -0.162. The number of amides is 1. The van der Waals surface area contributed by atoms with Gasteiger partial charge in [0, 0.05) is 12.6 Å². The summed E-state index contributed by atoms with van der Waals surface area (Å²) in [4.78, 5) is 13.0. The number of carbonyl (C=O) groups is 1. The molecule has 1 aromatic carbocycles. The summed E-state index contributed by atoms with van der Waals surface area (Å²) in [5.74, 6) is 0.370. The third kappa shape index (κ3) is 4.05. The van der Waals surface area contributed by atoms with Gasteiger partial charge in [-0.05, 0) is 38.0 Å². The van der Waals surface area contributed by atoms with Crippen molar-refractivity contribution in [3.63, 3.8) is 0 Å². The van der Waals surface area contributed by atoms with Gasteiger partial charge in [-0.25, -0.2) is 0 Å². The molecule has 1 amide bonds. The van der Waals surface area contributed by atoms with E-state index in [2.05, 4.69) is 0 Å². The van der Waals surface area contributed by atoms with Gasteiger partial charge in [0.25, 0.3) is 0 Å². The van der Waals surface area contributed by atoms with Gasteiger partial charge < -0.3 is 14.4 Å². The number of nitrogens with zero attached hydrogens (tertiary/aromatic N) is 1. The molecule has 122 valence electrons. The summed E-state index contributed by atoms with van der Waals surface area (Å²) in [5.41, 5.74) is 0.884. The molecule has 0 fully saturated rings. The van der Waals surface area contributed by atoms with Crippen molar-refractivity contribution in [1.82, 2.24) is 4.90 Å². The van der Waals surface area contributed by atoms with Crippen LogP contribution in [0.4, 0.5) is 13.2 Å². The van der Waals surface area contributed by atoms with Crippen molar-refractivity contribution in [3.05, 3.63) is 23.8 Å². The molecule has 4 nitrogen and oxygen atoms in total. The summed E-state index contributed by atoms with van der Waals surface area (Å²) in [6.45, 7) is 3.81. The minimum atomic E-state index is -4.48. The Morgan fingerprint density at radius 3 is 2.64 bits per heavy atom. The second-order valence-electron chi connectivity index (χ2n) is 5.21. The van der Waals surface area contributed by atoms with Crippen molar-refractivity contribution in [2.24, 2.45) is 0 Å². The van der Waals surface area contributed by atoms with Crippen LogP contribution < -0.4 is 9.47 Å². The molecular weight excluding hydrogens is 299 g/mol. The first kappa shape index (κ1) is 16.5. The Morgan fingerprint density at radius 2 is 2.00 bits per heavy atom. The molecule has 0 saturated carbocycles. The van der Waals surface area contributed by atoms with Crippen LogP contribution in [-0.2, 0) is 11.2 Å². The maximum Gasteiger partial charge on any atom is 0.397 e. The van der Waals surface area contributed by atoms with Gasteiger partial charge in [0.2, 0.25) is 12.7 Å². The smallest absolute Gasteiger partial charge is 0.397 e.